The molecule has 15 heavy (non-hydrogen) atoms. The first-order valence-corrected chi connectivity index (χ1v) is 4.41. The van der Waals surface area contributed by atoms with E-state index in [-0.39, 0.29) is 10.5 Å². The van der Waals surface area contributed by atoms with Crippen molar-refractivity contribution in [2.75, 3.05) is 0 Å². The van der Waals surface area contributed by atoms with Crippen LogP contribution in [0.3, 0.4) is 0 Å². The van der Waals surface area contributed by atoms with Gasteiger partial charge in [0.1, 0.15) is 5.75 Å². The minimum Gasteiger partial charge on any atom is -0.405 e. The van der Waals surface area contributed by atoms with Gasteiger partial charge in [0.05, 0.1) is 0 Å². The zero-order chi connectivity index (χ0) is 11.6. The molecular formula is C8H4ClF3O2S. The predicted molar refractivity (Wildman–Crippen MR) is 50.6 cm³/mol. The zero-order valence-electron chi connectivity index (χ0n) is 7.01. The van der Waals surface area contributed by atoms with Crippen LogP contribution in [0.15, 0.2) is 23.1 Å². The fraction of sp³-hybridized carbons (Fsp3) is 0.125. The molecule has 1 rings (SSSR count). The highest BCUT2D eigenvalue weighted by Gasteiger charge is 2.32. The van der Waals surface area contributed by atoms with Gasteiger partial charge in [0.2, 0.25) is 0 Å². The number of hydrogen-bond acceptors (Lipinski definition) is 3. The monoisotopic (exact) mass is 256 g/mol. The molecule has 0 bridgehead atoms. The molecule has 0 atom stereocenters. The molecule has 0 aliphatic rings. The average molecular weight is 257 g/mol. The zero-order valence-corrected chi connectivity index (χ0v) is 8.66. The van der Waals surface area contributed by atoms with Gasteiger partial charge < -0.3 is 4.74 Å². The van der Waals surface area contributed by atoms with Gasteiger partial charge in [-0.05, 0) is 29.8 Å². The summed E-state index contributed by atoms with van der Waals surface area (Å²) < 4.78 is 39.3. The molecule has 0 aromatic heterocycles. The number of carbonyl (C=O) groups excluding carboxylic acids is 1. The standard InChI is InChI=1S/C8H4ClF3O2S/c9-7(13)4-1-2-6(15)5(3-4)14-8(10,11)12/h1-3,15H. The molecule has 0 amide bonds. The SMILES string of the molecule is O=C(Cl)c1ccc(S)c(OC(F)(F)F)c1. The maximum atomic E-state index is 11.9. The van der Waals surface area contributed by atoms with Crippen LogP contribution >= 0.6 is 24.2 Å². The normalized spacial score (nSPS) is 11.3. The first-order chi connectivity index (χ1) is 6.79. The molecule has 1 aromatic carbocycles. The van der Waals surface area contributed by atoms with Crippen molar-refractivity contribution in [2.45, 2.75) is 11.3 Å². The molecule has 82 valence electrons. The van der Waals surface area contributed by atoms with Crippen LogP contribution in [0.25, 0.3) is 0 Å². The van der Waals surface area contributed by atoms with E-state index >= 15 is 0 Å². The molecule has 0 unspecified atom stereocenters. The van der Waals surface area contributed by atoms with E-state index in [0.29, 0.717) is 0 Å². The van der Waals surface area contributed by atoms with Gasteiger partial charge in [0.25, 0.3) is 5.24 Å². The lowest BCUT2D eigenvalue weighted by molar-refractivity contribution is -0.275. The van der Waals surface area contributed by atoms with Gasteiger partial charge in [0, 0.05) is 10.5 Å². The summed E-state index contributed by atoms with van der Waals surface area (Å²) in [6, 6.07) is 3.33. The second-order valence-corrected chi connectivity index (χ2v) is 3.33. The summed E-state index contributed by atoms with van der Waals surface area (Å²) >= 11 is 8.84. The van der Waals surface area contributed by atoms with Gasteiger partial charge in [-0.25, -0.2) is 0 Å². The van der Waals surface area contributed by atoms with Gasteiger partial charge >= 0.3 is 6.36 Å². The number of alkyl halides is 3. The Kier molecular flexibility index (Phi) is 3.51. The van der Waals surface area contributed by atoms with Crippen LogP contribution in [0.4, 0.5) is 13.2 Å². The molecule has 0 radical (unpaired) electrons. The van der Waals surface area contributed by atoms with Crippen molar-refractivity contribution in [3.8, 4) is 5.75 Å². The van der Waals surface area contributed by atoms with E-state index in [0.717, 1.165) is 6.07 Å². The Morgan fingerprint density at radius 2 is 2.00 bits per heavy atom. The first kappa shape index (κ1) is 12.2. The number of thiol groups is 1. The molecule has 0 spiro atoms. The molecule has 0 aliphatic carbocycles. The van der Waals surface area contributed by atoms with Crippen molar-refractivity contribution >= 4 is 29.5 Å². The number of ether oxygens (including phenoxy) is 1. The molecule has 2 nitrogen and oxygen atoms in total. The Balaban J connectivity index is 3.06. The summed E-state index contributed by atoms with van der Waals surface area (Å²) in [6.45, 7) is 0. The van der Waals surface area contributed by atoms with Crippen molar-refractivity contribution in [2.24, 2.45) is 0 Å². The van der Waals surface area contributed by atoms with E-state index in [1.807, 2.05) is 0 Å². The van der Waals surface area contributed by atoms with Crippen LogP contribution in [0.2, 0.25) is 0 Å². The van der Waals surface area contributed by atoms with Crippen LogP contribution in [0, 0.1) is 0 Å². The molecule has 0 heterocycles. The number of hydrogen-bond donors (Lipinski definition) is 1. The quantitative estimate of drug-likeness (QED) is 0.649. The highest BCUT2D eigenvalue weighted by molar-refractivity contribution is 7.80. The average Bonchev–Trinajstić information content (AvgIpc) is 2.06. The lowest BCUT2D eigenvalue weighted by Gasteiger charge is -2.11. The summed E-state index contributed by atoms with van der Waals surface area (Å²) in [5, 5.41) is -0.865. The molecule has 7 heteroatoms. The van der Waals surface area contributed by atoms with Crippen molar-refractivity contribution in [3.05, 3.63) is 23.8 Å². The highest BCUT2D eigenvalue weighted by atomic mass is 35.5. The summed E-state index contributed by atoms with van der Waals surface area (Å²) in [5.74, 6) is -0.558. The summed E-state index contributed by atoms with van der Waals surface area (Å²) in [5.41, 5.74) is -0.0892. The van der Waals surface area contributed by atoms with Crippen LogP contribution in [-0.2, 0) is 0 Å². The molecule has 0 fully saturated rings. The van der Waals surface area contributed by atoms with Crippen LogP contribution in [0.1, 0.15) is 10.4 Å². The molecule has 0 saturated heterocycles. The number of rotatable bonds is 2. The molecule has 0 saturated carbocycles. The van der Waals surface area contributed by atoms with Gasteiger partial charge in [-0.2, -0.15) is 0 Å². The topological polar surface area (TPSA) is 26.3 Å². The van der Waals surface area contributed by atoms with Crippen molar-refractivity contribution in [3.63, 3.8) is 0 Å². The third-order valence-electron chi connectivity index (χ3n) is 1.41. The third-order valence-corrected chi connectivity index (χ3v) is 2.00. The highest BCUT2D eigenvalue weighted by Crippen LogP contribution is 2.30. The van der Waals surface area contributed by atoms with Gasteiger partial charge in [-0.1, -0.05) is 0 Å². The van der Waals surface area contributed by atoms with E-state index in [1.54, 1.807) is 0 Å². The van der Waals surface area contributed by atoms with E-state index < -0.39 is 17.4 Å². The van der Waals surface area contributed by atoms with Crippen LogP contribution in [-0.4, -0.2) is 11.6 Å². The molecule has 1 aromatic rings. The van der Waals surface area contributed by atoms with Gasteiger partial charge in [-0.3, -0.25) is 4.79 Å². The van der Waals surface area contributed by atoms with E-state index in [1.165, 1.54) is 12.1 Å². The second-order valence-electron chi connectivity index (χ2n) is 2.50. The summed E-state index contributed by atoms with van der Waals surface area (Å²) in [4.78, 5) is 10.6. The largest absolute Gasteiger partial charge is 0.573 e. The summed E-state index contributed by atoms with van der Waals surface area (Å²) in [7, 11) is 0. The minimum absolute atomic E-state index is 0.0333. The predicted octanol–water partition coefficient (Wildman–Crippen LogP) is 3.25. The fourth-order valence-electron chi connectivity index (χ4n) is 0.843. The van der Waals surface area contributed by atoms with Crippen LogP contribution in [0.5, 0.6) is 5.75 Å². The Hall–Kier alpha value is -0.880. The van der Waals surface area contributed by atoms with E-state index in [2.05, 4.69) is 17.4 Å². The first-order valence-electron chi connectivity index (χ1n) is 3.58. The Morgan fingerprint density at radius 1 is 1.40 bits per heavy atom. The summed E-state index contributed by atoms with van der Waals surface area (Å²) in [6.07, 6.45) is -4.83. The maximum Gasteiger partial charge on any atom is 0.573 e. The minimum atomic E-state index is -4.83. The van der Waals surface area contributed by atoms with Gasteiger partial charge in [-0.15, -0.1) is 25.8 Å². The number of benzene rings is 1. The Labute approximate surface area is 93.4 Å². The Morgan fingerprint density at radius 3 is 2.47 bits per heavy atom. The Bertz CT molecular complexity index is 392. The number of carbonyl (C=O) groups is 1. The van der Waals surface area contributed by atoms with Crippen molar-refractivity contribution in [1.29, 1.82) is 0 Å². The van der Waals surface area contributed by atoms with E-state index in [4.69, 9.17) is 11.6 Å². The lowest BCUT2D eigenvalue weighted by Crippen LogP contribution is -2.17. The smallest absolute Gasteiger partial charge is 0.405 e. The van der Waals surface area contributed by atoms with Gasteiger partial charge in [0.15, 0.2) is 0 Å². The fourth-order valence-corrected chi connectivity index (χ4v) is 1.15. The molecular weight excluding hydrogens is 253 g/mol. The lowest BCUT2D eigenvalue weighted by atomic mass is 10.2. The van der Waals surface area contributed by atoms with Crippen molar-refractivity contribution in [1.82, 2.24) is 0 Å². The van der Waals surface area contributed by atoms with Crippen molar-refractivity contribution < 1.29 is 22.7 Å². The number of halogens is 4. The molecule has 0 N–H and O–H groups in total. The molecule has 0 aliphatic heterocycles. The van der Waals surface area contributed by atoms with E-state index in [9.17, 15) is 18.0 Å². The second kappa shape index (κ2) is 4.32. The maximum absolute atomic E-state index is 11.9. The third kappa shape index (κ3) is 3.64. The van der Waals surface area contributed by atoms with Crippen LogP contribution < -0.4 is 4.74 Å².